The molecular weight excluding hydrogens is 337 g/mol. The van der Waals surface area contributed by atoms with Crippen molar-refractivity contribution in [2.75, 3.05) is 20.6 Å². The van der Waals surface area contributed by atoms with Gasteiger partial charge in [-0.15, -0.1) is 11.3 Å². The summed E-state index contributed by atoms with van der Waals surface area (Å²) in [5.74, 6) is 0. The summed E-state index contributed by atoms with van der Waals surface area (Å²) >= 11 is 5.55. The van der Waals surface area contributed by atoms with E-state index in [2.05, 4.69) is 77.6 Å². The maximum absolute atomic E-state index is 2.44. The molecule has 0 saturated carbocycles. The maximum Gasteiger partial charge on any atom is 0.267 e. The predicted molar refractivity (Wildman–Crippen MR) is 109 cm³/mol. The van der Waals surface area contributed by atoms with Crippen LogP contribution in [0.3, 0.4) is 0 Å². The molecule has 0 saturated heterocycles. The van der Waals surface area contributed by atoms with Gasteiger partial charge in [-0.05, 0) is 52.3 Å². The zero-order chi connectivity index (χ0) is 16.1. The van der Waals surface area contributed by atoms with Crippen molar-refractivity contribution < 1.29 is 0 Å². The SMILES string of the molecule is CN(C)CC/C=C(\B(c1cccs1)c1cccs1)c1cccs1. The lowest BCUT2D eigenvalue weighted by molar-refractivity contribution is 0.417. The van der Waals surface area contributed by atoms with Crippen LogP contribution in [0, 0.1) is 0 Å². The predicted octanol–water partition coefficient (Wildman–Crippen LogP) is 4.05. The van der Waals surface area contributed by atoms with Crippen LogP contribution in [0.5, 0.6) is 0 Å². The van der Waals surface area contributed by atoms with Crippen molar-refractivity contribution in [1.82, 2.24) is 4.90 Å². The van der Waals surface area contributed by atoms with Crippen LogP contribution in [0.25, 0.3) is 5.47 Å². The molecule has 3 heterocycles. The first-order valence-electron chi connectivity index (χ1n) is 7.71. The molecule has 0 aromatic carbocycles. The van der Waals surface area contributed by atoms with Gasteiger partial charge in [-0.3, -0.25) is 0 Å². The summed E-state index contributed by atoms with van der Waals surface area (Å²) in [5.41, 5.74) is 1.45. The van der Waals surface area contributed by atoms with Gasteiger partial charge >= 0.3 is 0 Å². The molecule has 0 N–H and O–H groups in total. The molecule has 0 aliphatic heterocycles. The van der Waals surface area contributed by atoms with E-state index >= 15 is 0 Å². The summed E-state index contributed by atoms with van der Waals surface area (Å²) in [5, 5.41) is 6.54. The lowest BCUT2D eigenvalue weighted by Gasteiger charge is -2.15. The Hall–Kier alpha value is -1.14. The van der Waals surface area contributed by atoms with E-state index < -0.39 is 0 Å². The third-order valence-electron chi connectivity index (χ3n) is 3.71. The molecule has 0 unspecified atom stereocenters. The Bertz CT molecular complexity index is 678. The van der Waals surface area contributed by atoms with Crippen LogP contribution >= 0.6 is 34.0 Å². The van der Waals surface area contributed by atoms with E-state index in [9.17, 15) is 0 Å². The minimum absolute atomic E-state index is 0.357. The maximum atomic E-state index is 2.44. The second-order valence-corrected chi connectivity index (χ2v) is 8.60. The molecule has 3 rings (SSSR count). The molecular formula is C18H20BNS3. The number of nitrogens with zero attached hydrogens (tertiary/aromatic N) is 1. The summed E-state index contributed by atoms with van der Waals surface area (Å²) in [6.45, 7) is 1.44. The third kappa shape index (κ3) is 4.24. The van der Waals surface area contributed by atoms with E-state index in [0.29, 0.717) is 6.71 Å². The van der Waals surface area contributed by atoms with Gasteiger partial charge in [-0.25, -0.2) is 0 Å². The lowest BCUT2D eigenvalue weighted by Crippen LogP contribution is -2.40. The van der Waals surface area contributed by atoms with Crippen LogP contribution in [-0.2, 0) is 0 Å². The standard InChI is InChI=1S/C18H20BNS3/c1-20(2)11-3-7-15(16-8-4-12-21-16)19(17-9-5-13-22-17)18-10-6-14-23-18/h4-10,12-14H,3,11H2,1-2H3/b15-7-. The van der Waals surface area contributed by atoms with Gasteiger partial charge in [0.05, 0.1) is 0 Å². The Morgan fingerprint density at radius 3 is 2.04 bits per heavy atom. The van der Waals surface area contributed by atoms with Gasteiger partial charge in [0.15, 0.2) is 0 Å². The van der Waals surface area contributed by atoms with Gasteiger partial charge in [0.25, 0.3) is 6.71 Å². The van der Waals surface area contributed by atoms with E-state index in [-0.39, 0.29) is 0 Å². The molecule has 0 spiro atoms. The molecule has 5 heteroatoms. The molecule has 118 valence electrons. The fourth-order valence-electron chi connectivity index (χ4n) is 2.64. The van der Waals surface area contributed by atoms with Gasteiger partial charge in [-0.1, -0.05) is 41.9 Å². The summed E-state index contributed by atoms with van der Waals surface area (Å²) in [6, 6.07) is 13.3. The van der Waals surface area contributed by atoms with Crippen molar-refractivity contribution in [3.8, 4) is 0 Å². The zero-order valence-corrected chi connectivity index (χ0v) is 15.9. The van der Waals surface area contributed by atoms with Crippen molar-refractivity contribution in [1.29, 1.82) is 0 Å². The fraction of sp³-hybridized carbons (Fsp3) is 0.222. The molecule has 0 atom stereocenters. The summed E-state index contributed by atoms with van der Waals surface area (Å²) < 4.78 is 2.86. The monoisotopic (exact) mass is 357 g/mol. The van der Waals surface area contributed by atoms with Gasteiger partial charge in [0.2, 0.25) is 0 Å². The Morgan fingerprint density at radius 1 is 0.957 bits per heavy atom. The molecule has 1 nitrogen and oxygen atoms in total. The summed E-state index contributed by atoms with van der Waals surface area (Å²) in [7, 11) is 4.27. The quantitative estimate of drug-likeness (QED) is 0.577. The third-order valence-corrected chi connectivity index (χ3v) is 6.51. The molecule has 23 heavy (non-hydrogen) atoms. The van der Waals surface area contributed by atoms with Crippen LogP contribution in [0.4, 0.5) is 0 Å². The smallest absolute Gasteiger partial charge is 0.267 e. The van der Waals surface area contributed by atoms with Crippen molar-refractivity contribution in [3.63, 3.8) is 0 Å². The second-order valence-electron chi connectivity index (χ2n) is 5.69. The Kier molecular flexibility index (Phi) is 5.89. The van der Waals surface area contributed by atoms with Crippen LogP contribution in [-0.4, -0.2) is 32.3 Å². The van der Waals surface area contributed by atoms with Crippen LogP contribution in [0.15, 0.2) is 58.6 Å². The fourth-order valence-corrected chi connectivity index (χ4v) is 5.24. The molecule has 0 amide bonds. The first-order valence-corrected chi connectivity index (χ1v) is 10.3. The molecule has 3 aromatic rings. The molecule has 0 fully saturated rings. The van der Waals surface area contributed by atoms with E-state index in [1.807, 2.05) is 34.0 Å². The molecule has 0 bridgehead atoms. The van der Waals surface area contributed by atoms with Crippen molar-refractivity contribution in [3.05, 3.63) is 63.5 Å². The van der Waals surface area contributed by atoms with E-state index in [4.69, 9.17) is 0 Å². The van der Waals surface area contributed by atoms with E-state index in [1.54, 1.807) is 0 Å². The van der Waals surface area contributed by atoms with Crippen LogP contribution in [0.2, 0.25) is 0 Å². The highest BCUT2D eigenvalue weighted by Crippen LogP contribution is 2.25. The van der Waals surface area contributed by atoms with E-state index in [0.717, 1.165) is 13.0 Å². The first-order chi connectivity index (χ1) is 11.3. The second kappa shape index (κ2) is 8.11. The van der Waals surface area contributed by atoms with Gasteiger partial charge in [0.1, 0.15) is 0 Å². The summed E-state index contributed by atoms with van der Waals surface area (Å²) in [6.07, 6.45) is 3.52. The van der Waals surface area contributed by atoms with E-state index in [1.165, 1.54) is 19.9 Å². The number of thiophene rings is 3. The summed E-state index contributed by atoms with van der Waals surface area (Å²) in [4.78, 5) is 3.63. The Balaban J connectivity index is 2.01. The Morgan fingerprint density at radius 2 is 1.57 bits per heavy atom. The molecule has 3 aromatic heterocycles. The van der Waals surface area contributed by atoms with Crippen molar-refractivity contribution in [2.24, 2.45) is 0 Å². The van der Waals surface area contributed by atoms with Crippen LogP contribution < -0.4 is 9.55 Å². The minimum atomic E-state index is 0.357. The molecule has 0 aliphatic rings. The lowest BCUT2D eigenvalue weighted by atomic mass is 9.42. The molecule has 0 radical (unpaired) electrons. The Labute approximate surface area is 151 Å². The van der Waals surface area contributed by atoms with Gasteiger partial charge in [0, 0.05) is 11.4 Å². The zero-order valence-electron chi connectivity index (χ0n) is 13.4. The molecule has 0 aliphatic carbocycles. The van der Waals surface area contributed by atoms with Crippen molar-refractivity contribution >= 4 is 55.7 Å². The minimum Gasteiger partial charge on any atom is -0.309 e. The van der Waals surface area contributed by atoms with Crippen molar-refractivity contribution in [2.45, 2.75) is 6.42 Å². The largest absolute Gasteiger partial charge is 0.309 e. The van der Waals surface area contributed by atoms with Crippen LogP contribution in [0.1, 0.15) is 11.3 Å². The highest BCUT2D eigenvalue weighted by atomic mass is 32.1. The topological polar surface area (TPSA) is 3.24 Å². The average Bonchev–Trinajstić information content (AvgIpc) is 3.29. The normalized spacial score (nSPS) is 12.0. The van der Waals surface area contributed by atoms with Gasteiger partial charge in [-0.2, -0.15) is 22.7 Å². The van der Waals surface area contributed by atoms with Gasteiger partial charge < -0.3 is 4.90 Å². The average molecular weight is 357 g/mol. The highest BCUT2D eigenvalue weighted by molar-refractivity contribution is 7.35. The first kappa shape index (κ1) is 16.7. The number of hydrogen-bond acceptors (Lipinski definition) is 4. The number of hydrogen-bond donors (Lipinski definition) is 0. The number of rotatable bonds is 7. The highest BCUT2D eigenvalue weighted by Gasteiger charge is 2.27.